The largest absolute Gasteiger partial charge is 0.494 e. The van der Waals surface area contributed by atoms with Crippen LogP contribution in [0.4, 0.5) is 11.4 Å². The number of para-hydroxylation sites is 1. The number of nitrogens with zero attached hydrogens (tertiary/aromatic N) is 3. The van der Waals surface area contributed by atoms with Crippen LogP contribution in [0.5, 0.6) is 5.75 Å². The Kier molecular flexibility index (Phi) is 10.3. The third kappa shape index (κ3) is 5.57. The van der Waals surface area contributed by atoms with E-state index in [1.807, 2.05) is 32.9 Å². The van der Waals surface area contributed by atoms with Crippen molar-refractivity contribution in [3.63, 3.8) is 0 Å². The Morgan fingerprint density at radius 2 is 1.83 bits per heavy atom. The topological polar surface area (TPSA) is 99.6 Å². The maximum absolute atomic E-state index is 14.9. The van der Waals surface area contributed by atoms with Crippen LogP contribution in [-0.2, 0) is 19.1 Å². The molecule has 9 nitrogen and oxygen atoms in total. The minimum Gasteiger partial charge on any atom is -0.494 e. The highest BCUT2D eigenvalue weighted by molar-refractivity contribution is 9.09. The van der Waals surface area contributed by atoms with E-state index < -0.39 is 41.5 Å². The lowest BCUT2D eigenvalue weighted by Gasteiger charge is -2.39. The first-order chi connectivity index (χ1) is 22.1. The Morgan fingerprint density at radius 1 is 1.15 bits per heavy atom. The van der Waals surface area contributed by atoms with Crippen LogP contribution in [0.3, 0.4) is 0 Å². The number of carbonyl (C=O) groups is 3. The number of likely N-dealkylation sites (tertiary alicyclic amines) is 1. The van der Waals surface area contributed by atoms with Crippen LogP contribution in [0.2, 0.25) is 5.02 Å². The van der Waals surface area contributed by atoms with E-state index in [1.165, 1.54) is 9.80 Å². The van der Waals surface area contributed by atoms with Gasteiger partial charge in [-0.15, -0.1) is 13.2 Å². The molecule has 2 aromatic carbocycles. The number of halogens is 2. The SMILES string of the molecule is C=CCN(C(=O)[C@H]1[C@H]2C(=O)N([C@@H](CC)CO)C(C(=O)N(CC=C)c3c(C)cccc3Cl)C23CC(Br)[C@@H]1O3)c1ccc(OCC)cc1. The third-order valence-corrected chi connectivity index (χ3v) is 10.5. The number of rotatable bonds is 13. The Labute approximate surface area is 283 Å². The Balaban J connectivity index is 1.61. The van der Waals surface area contributed by atoms with Crippen molar-refractivity contribution in [2.45, 2.75) is 62.2 Å². The smallest absolute Gasteiger partial charge is 0.253 e. The zero-order valence-corrected chi connectivity index (χ0v) is 28.7. The van der Waals surface area contributed by atoms with E-state index in [-0.39, 0.29) is 36.3 Å². The van der Waals surface area contributed by atoms with Gasteiger partial charge >= 0.3 is 0 Å². The summed E-state index contributed by atoms with van der Waals surface area (Å²) in [6, 6.07) is 10.8. The van der Waals surface area contributed by atoms with Crippen molar-refractivity contribution in [2.24, 2.45) is 11.8 Å². The molecule has 3 unspecified atom stereocenters. The fourth-order valence-corrected chi connectivity index (χ4v) is 8.76. The molecule has 46 heavy (non-hydrogen) atoms. The maximum Gasteiger partial charge on any atom is 0.253 e. The zero-order chi connectivity index (χ0) is 33.3. The summed E-state index contributed by atoms with van der Waals surface area (Å²) in [6.45, 7) is 13.9. The predicted octanol–water partition coefficient (Wildman–Crippen LogP) is 5.30. The van der Waals surface area contributed by atoms with Crippen LogP contribution >= 0.6 is 27.5 Å². The van der Waals surface area contributed by atoms with E-state index in [9.17, 15) is 19.5 Å². The summed E-state index contributed by atoms with van der Waals surface area (Å²) in [5.74, 6) is -2.23. The maximum atomic E-state index is 14.9. The summed E-state index contributed by atoms with van der Waals surface area (Å²) in [5.41, 5.74) is 0.602. The number of hydrogen-bond acceptors (Lipinski definition) is 6. The molecule has 0 saturated carbocycles. The van der Waals surface area contributed by atoms with Crippen LogP contribution in [0, 0.1) is 18.8 Å². The van der Waals surface area contributed by atoms with Gasteiger partial charge in [-0.2, -0.15) is 0 Å². The summed E-state index contributed by atoms with van der Waals surface area (Å²) in [7, 11) is 0. The van der Waals surface area contributed by atoms with Gasteiger partial charge in [0, 0.05) is 23.6 Å². The molecule has 3 fully saturated rings. The van der Waals surface area contributed by atoms with Gasteiger partial charge < -0.3 is 29.3 Å². The number of amides is 3. The van der Waals surface area contributed by atoms with Crippen molar-refractivity contribution in [1.29, 1.82) is 0 Å². The van der Waals surface area contributed by atoms with Gasteiger partial charge in [0.05, 0.1) is 47.9 Å². The number of aliphatic hydroxyl groups excluding tert-OH is 1. The van der Waals surface area contributed by atoms with Gasteiger partial charge in [0.2, 0.25) is 11.8 Å². The molecule has 2 bridgehead atoms. The van der Waals surface area contributed by atoms with E-state index >= 15 is 0 Å². The first kappa shape index (κ1) is 34.2. The number of hydrogen-bond donors (Lipinski definition) is 1. The predicted molar refractivity (Wildman–Crippen MR) is 183 cm³/mol. The summed E-state index contributed by atoms with van der Waals surface area (Å²) in [4.78, 5) is 48.5. The number of alkyl halides is 1. The van der Waals surface area contributed by atoms with Crippen LogP contribution in [0.1, 0.15) is 32.3 Å². The molecule has 1 spiro atoms. The molecule has 3 saturated heterocycles. The molecule has 0 aliphatic carbocycles. The molecular weight excluding hydrogens is 674 g/mol. The summed E-state index contributed by atoms with van der Waals surface area (Å²) in [6.07, 6.45) is 3.32. The van der Waals surface area contributed by atoms with Crippen LogP contribution in [0.25, 0.3) is 0 Å². The van der Waals surface area contributed by atoms with Crippen LogP contribution in [0.15, 0.2) is 67.8 Å². The highest BCUT2D eigenvalue weighted by Gasteiger charge is 2.77. The molecule has 2 aromatic rings. The molecular formula is C35H41BrClN3O6. The van der Waals surface area contributed by atoms with Gasteiger partial charge in [-0.3, -0.25) is 14.4 Å². The number of ether oxygens (including phenoxy) is 2. The van der Waals surface area contributed by atoms with Crippen LogP contribution < -0.4 is 14.5 Å². The van der Waals surface area contributed by atoms with Gasteiger partial charge in [0.25, 0.3) is 5.91 Å². The summed E-state index contributed by atoms with van der Waals surface area (Å²) in [5, 5.41) is 10.9. The molecule has 0 radical (unpaired) electrons. The molecule has 0 aromatic heterocycles. The second-order valence-electron chi connectivity index (χ2n) is 12.0. The monoisotopic (exact) mass is 713 g/mol. The number of aliphatic hydroxyl groups is 1. The van der Waals surface area contributed by atoms with Crippen molar-refractivity contribution in [1.82, 2.24) is 4.90 Å². The number of anilines is 2. The van der Waals surface area contributed by atoms with E-state index in [0.29, 0.717) is 41.6 Å². The van der Waals surface area contributed by atoms with Crippen molar-refractivity contribution >= 4 is 56.6 Å². The number of aryl methyl sites for hydroxylation is 1. The van der Waals surface area contributed by atoms with Crippen molar-refractivity contribution in [2.75, 3.05) is 36.1 Å². The fourth-order valence-electron chi connectivity index (χ4n) is 7.49. The highest BCUT2D eigenvalue weighted by Crippen LogP contribution is 2.61. The second kappa shape index (κ2) is 13.9. The highest BCUT2D eigenvalue weighted by atomic mass is 79.9. The average molecular weight is 715 g/mol. The lowest BCUT2D eigenvalue weighted by atomic mass is 9.70. The molecule has 11 heteroatoms. The first-order valence-corrected chi connectivity index (χ1v) is 17.0. The molecule has 3 aliphatic heterocycles. The van der Waals surface area contributed by atoms with Gasteiger partial charge in [0.15, 0.2) is 0 Å². The molecule has 246 valence electrons. The van der Waals surface area contributed by atoms with E-state index in [1.54, 1.807) is 47.4 Å². The lowest BCUT2D eigenvalue weighted by molar-refractivity contribution is -0.144. The molecule has 5 rings (SSSR count). The Morgan fingerprint density at radius 3 is 2.41 bits per heavy atom. The normalized spacial score (nSPS) is 26.9. The van der Waals surface area contributed by atoms with Crippen LogP contribution in [-0.4, -0.2) is 82.6 Å². The quantitative estimate of drug-likeness (QED) is 0.223. The second-order valence-corrected chi connectivity index (χ2v) is 13.5. The number of fused-ring (bicyclic) bond motifs is 1. The number of benzene rings is 2. The summed E-state index contributed by atoms with van der Waals surface area (Å²) < 4.78 is 12.3. The lowest BCUT2D eigenvalue weighted by Crippen LogP contribution is -2.59. The first-order valence-electron chi connectivity index (χ1n) is 15.7. The van der Waals surface area contributed by atoms with Gasteiger partial charge in [-0.05, 0) is 62.6 Å². The minimum absolute atomic E-state index is 0.132. The molecule has 1 N–H and O–H groups in total. The van der Waals surface area contributed by atoms with Crippen molar-refractivity contribution in [3.05, 3.63) is 78.4 Å². The van der Waals surface area contributed by atoms with Gasteiger partial charge in [-0.1, -0.05) is 58.7 Å². The van der Waals surface area contributed by atoms with E-state index in [2.05, 4.69) is 29.1 Å². The van der Waals surface area contributed by atoms with E-state index in [4.69, 9.17) is 21.1 Å². The van der Waals surface area contributed by atoms with Crippen molar-refractivity contribution in [3.8, 4) is 5.75 Å². The average Bonchev–Trinajstić information content (AvgIpc) is 3.63. The fraction of sp³-hybridized carbons (Fsp3) is 0.457. The standard InChI is InChI=1S/C35H41BrClN3O6/c1-6-17-38(23-13-15-24(16-14-23)45-9-4)32(42)27-28-33(43)40(22(8-3)20-41)31(35(28)19-25(36)30(27)46-35)34(44)39(18-7-2)29-21(5)11-10-12-26(29)37/h6-7,10-16,22,25,27-28,30-31,41H,1-2,8-9,17-20H2,3-5H3/t22-,25?,27-,28-,30-,31?,35?/m0/s1. The van der Waals surface area contributed by atoms with Gasteiger partial charge in [0.1, 0.15) is 17.4 Å². The third-order valence-electron chi connectivity index (χ3n) is 9.39. The summed E-state index contributed by atoms with van der Waals surface area (Å²) >= 11 is 10.4. The Bertz CT molecular complexity index is 1480. The van der Waals surface area contributed by atoms with E-state index in [0.717, 1.165) is 5.56 Å². The van der Waals surface area contributed by atoms with Crippen molar-refractivity contribution < 1.29 is 29.0 Å². The molecule has 3 heterocycles. The zero-order valence-electron chi connectivity index (χ0n) is 26.4. The Hall–Kier alpha value is -3.18. The minimum atomic E-state index is -1.32. The molecule has 7 atom stereocenters. The number of carbonyl (C=O) groups excluding carboxylic acids is 3. The van der Waals surface area contributed by atoms with Gasteiger partial charge in [-0.25, -0.2) is 0 Å². The molecule has 3 aliphatic rings. The molecule has 3 amide bonds.